The summed E-state index contributed by atoms with van der Waals surface area (Å²) in [6, 6.07) is 11.0. The Morgan fingerprint density at radius 2 is 1.79 bits per heavy atom. The van der Waals surface area contributed by atoms with Gasteiger partial charge in [-0.3, -0.25) is 9.71 Å². The molecule has 0 aliphatic carbocycles. The van der Waals surface area contributed by atoms with Crippen molar-refractivity contribution in [3.8, 4) is 22.4 Å². The van der Waals surface area contributed by atoms with Gasteiger partial charge >= 0.3 is 0 Å². The number of H-pyrrole nitrogens is 1. The zero-order valence-electron chi connectivity index (χ0n) is 16.7. The molecule has 0 bridgehead atoms. The van der Waals surface area contributed by atoms with Gasteiger partial charge in [0, 0.05) is 41.3 Å². The van der Waals surface area contributed by atoms with Crippen molar-refractivity contribution in [3.05, 3.63) is 84.4 Å². The fourth-order valence-electron chi connectivity index (χ4n) is 3.30. The Bertz CT molecular complexity index is 1570. The Balaban J connectivity index is 1.53. The highest BCUT2D eigenvalue weighted by molar-refractivity contribution is 7.92. The van der Waals surface area contributed by atoms with Gasteiger partial charge in [-0.1, -0.05) is 11.6 Å². The van der Waals surface area contributed by atoms with Crippen molar-refractivity contribution in [2.24, 2.45) is 0 Å². The first-order chi connectivity index (χ1) is 15.9. The summed E-state index contributed by atoms with van der Waals surface area (Å²) in [7, 11) is -4.07. The maximum atomic E-state index is 13.1. The van der Waals surface area contributed by atoms with Crippen LogP contribution in [-0.2, 0) is 10.0 Å². The summed E-state index contributed by atoms with van der Waals surface area (Å²) in [4.78, 5) is 19.2. The van der Waals surface area contributed by atoms with Crippen molar-refractivity contribution in [3.63, 3.8) is 0 Å². The number of fused-ring (bicyclic) bond motifs is 1. The molecule has 0 radical (unpaired) electrons. The fraction of sp³-hybridized carbons (Fsp3) is 0. The highest BCUT2D eigenvalue weighted by Gasteiger charge is 2.18. The van der Waals surface area contributed by atoms with E-state index in [2.05, 4.69) is 29.6 Å². The molecule has 0 spiro atoms. The van der Waals surface area contributed by atoms with E-state index in [-0.39, 0.29) is 15.7 Å². The number of nitrogens with one attached hydrogen (secondary N) is 2. The third-order valence-electron chi connectivity index (χ3n) is 4.91. The Morgan fingerprint density at radius 1 is 0.970 bits per heavy atom. The van der Waals surface area contributed by atoms with E-state index >= 15 is 0 Å². The maximum absolute atomic E-state index is 13.1. The molecule has 5 aromatic heterocycles. The molecule has 0 saturated heterocycles. The smallest absolute Gasteiger partial charge is 0.264 e. The van der Waals surface area contributed by atoms with E-state index in [1.165, 1.54) is 6.07 Å². The second kappa shape index (κ2) is 8.23. The quantitative estimate of drug-likeness (QED) is 0.353. The van der Waals surface area contributed by atoms with Crippen molar-refractivity contribution in [1.82, 2.24) is 24.9 Å². The topological polar surface area (TPSA) is 114 Å². The van der Waals surface area contributed by atoms with Gasteiger partial charge in [0.25, 0.3) is 10.0 Å². The minimum atomic E-state index is -4.07. The number of nitrogens with zero attached hydrogens (tertiary/aromatic N) is 4. The molecular weight excluding hydrogens is 467 g/mol. The summed E-state index contributed by atoms with van der Waals surface area (Å²) in [6.07, 6.45) is 7.83. The van der Waals surface area contributed by atoms with Crippen LogP contribution in [0, 0.1) is 5.95 Å². The highest BCUT2D eigenvalue weighted by atomic mass is 35.5. The third-order valence-corrected chi connectivity index (χ3v) is 6.53. The molecule has 0 fully saturated rings. The predicted molar refractivity (Wildman–Crippen MR) is 123 cm³/mol. The molecule has 0 aromatic carbocycles. The molecule has 0 atom stereocenters. The first-order valence-corrected chi connectivity index (χ1v) is 11.5. The summed E-state index contributed by atoms with van der Waals surface area (Å²) in [5.41, 5.74) is 3.74. The van der Waals surface area contributed by atoms with Gasteiger partial charge in [0.1, 0.15) is 10.5 Å². The zero-order valence-corrected chi connectivity index (χ0v) is 18.3. The summed E-state index contributed by atoms with van der Waals surface area (Å²) in [5, 5.41) is 0.973. The van der Waals surface area contributed by atoms with Gasteiger partial charge in [-0.25, -0.2) is 23.4 Å². The minimum Gasteiger partial charge on any atom is -0.346 e. The lowest BCUT2D eigenvalue weighted by atomic mass is 10.1. The molecule has 0 aliphatic rings. The van der Waals surface area contributed by atoms with Crippen LogP contribution in [0.15, 0.2) is 78.3 Å². The lowest BCUT2D eigenvalue weighted by Crippen LogP contribution is -2.15. The number of rotatable bonds is 5. The van der Waals surface area contributed by atoms with Crippen molar-refractivity contribution in [1.29, 1.82) is 0 Å². The highest BCUT2D eigenvalue weighted by Crippen LogP contribution is 2.32. The maximum Gasteiger partial charge on any atom is 0.264 e. The normalized spacial score (nSPS) is 11.6. The summed E-state index contributed by atoms with van der Waals surface area (Å²) >= 11 is 6.19. The molecule has 164 valence electrons. The standard InChI is InChI=1S/C22H14ClFN6O2S/c23-18-2-3-19(29-22(18)30-33(31,32)15-1-4-20(24)26-11-15)14-9-16-17(12-28-21(16)27-10-14)13-5-7-25-8-6-13/h1-12H,(H,27,28)(H,29,30). The van der Waals surface area contributed by atoms with Crippen LogP contribution in [0.3, 0.4) is 0 Å². The predicted octanol–water partition coefficient (Wildman–Crippen LogP) is 4.68. The molecule has 0 aliphatic heterocycles. The monoisotopic (exact) mass is 480 g/mol. The van der Waals surface area contributed by atoms with E-state index < -0.39 is 16.0 Å². The summed E-state index contributed by atoms with van der Waals surface area (Å²) in [6.45, 7) is 0. The van der Waals surface area contributed by atoms with Gasteiger partial charge in [-0.05, 0) is 48.0 Å². The first-order valence-electron chi connectivity index (χ1n) is 9.59. The Labute approximate surface area is 192 Å². The van der Waals surface area contributed by atoms with Crippen LogP contribution in [-0.4, -0.2) is 33.3 Å². The molecule has 5 aromatic rings. The van der Waals surface area contributed by atoms with E-state index in [1.807, 2.05) is 24.4 Å². The average molecular weight is 481 g/mol. The van der Waals surface area contributed by atoms with Gasteiger partial charge in [-0.2, -0.15) is 4.39 Å². The number of hydrogen-bond acceptors (Lipinski definition) is 6. The van der Waals surface area contributed by atoms with Gasteiger partial charge < -0.3 is 4.98 Å². The van der Waals surface area contributed by atoms with Crippen molar-refractivity contribution < 1.29 is 12.8 Å². The molecule has 0 amide bonds. The largest absolute Gasteiger partial charge is 0.346 e. The van der Waals surface area contributed by atoms with Gasteiger partial charge in [-0.15, -0.1) is 0 Å². The first kappa shape index (κ1) is 21.0. The van der Waals surface area contributed by atoms with Crippen LogP contribution < -0.4 is 4.72 Å². The second-order valence-corrected chi connectivity index (χ2v) is 9.10. The number of sulfonamides is 1. The Kier molecular flexibility index (Phi) is 5.23. The summed E-state index contributed by atoms with van der Waals surface area (Å²) < 4.78 is 40.7. The Hall–Kier alpha value is -3.89. The van der Waals surface area contributed by atoms with Gasteiger partial charge in [0.05, 0.1) is 16.9 Å². The van der Waals surface area contributed by atoms with Gasteiger partial charge in [0.2, 0.25) is 5.95 Å². The van der Waals surface area contributed by atoms with Crippen molar-refractivity contribution in [2.45, 2.75) is 4.90 Å². The number of aromatic nitrogens is 5. The van der Waals surface area contributed by atoms with Crippen LogP contribution in [0.2, 0.25) is 5.02 Å². The van der Waals surface area contributed by atoms with E-state index in [9.17, 15) is 12.8 Å². The number of pyridine rings is 4. The molecule has 0 unspecified atom stereocenters. The molecule has 0 saturated carbocycles. The van der Waals surface area contributed by atoms with Crippen LogP contribution in [0.4, 0.5) is 10.2 Å². The van der Waals surface area contributed by atoms with Crippen LogP contribution in [0.1, 0.15) is 0 Å². The molecule has 11 heteroatoms. The number of halogens is 2. The number of hydrogen-bond donors (Lipinski definition) is 2. The molecule has 33 heavy (non-hydrogen) atoms. The SMILES string of the molecule is O=S(=O)(Nc1nc(-c2cnc3[nH]cc(-c4ccncc4)c3c2)ccc1Cl)c1ccc(F)nc1. The van der Waals surface area contributed by atoms with E-state index in [4.69, 9.17) is 11.6 Å². The van der Waals surface area contributed by atoms with Crippen LogP contribution in [0.25, 0.3) is 33.4 Å². The molecule has 5 heterocycles. The van der Waals surface area contributed by atoms with Gasteiger partial charge in [0.15, 0.2) is 5.82 Å². The minimum absolute atomic E-state index is 0.0676. The molecule has 8 nitrogen and oxygen atoms in total. The lowest BCUT2D eigenvalue weighted by Gasteiger charge is -2.10. The van der Waals surface area contributed by atoms with Crippen LogP contribution >= 0.6 is 11.6 Å². The zero-order chi connectivity index (χ0) is 23.0. The molecular formula is C22H14ClFN6O2S. The molecule has 2 N–H and O–H groups in total. The van der Waals surface area contributed by atoms with E-state index in [0.717, 1.165) is 34.8 Å². The fourth-order valence-corrected chi connectivity index (χ4v) is 4.47. The van der Waals surface area contributed by atoms with Crippen molar-refractivity contribution >= 4 is 38.5 Å². The Morgan fingerprint density at radius 3 is 2.55 bits per heavy atom. The lowest BCUT2D eigenvalue weighted by molar-refractivity contribution is 0.577. The number of aromatic amines is 1. The van der Waals surface area contributed by atoms with Crippen molar-refractivity contribution in [2.75, 3.05) is 4.72 Å². The second-order valence-electron chi connectivity index (χ2n) is 7.01. The number of anilines is 1. The van der Waals surface area contributed by atoms with E-state index in [0.29, 0.717) is 16.9 Å². The third kappa shape index (κ3) is 4.13. The van der Waals surface area contributed by atoms with E-state index in [1.54, 1.807) is 24.7 Å². The van der Waals surface area contributed by atoms with Crippen LogP contribution in [0.5, 0.6) is 0 Å². The molecule has 5 rings (SSSR count). The average Bonchev–Trinajstić information content (AvgIpc) is 3.24. The summed E-state index contributed by atoms with van der Waals surface area (Å²) in [5.74, 6) is -0.854.